The zero-order chi connectivity index (χ0) is 35.5. The zero-order valence-corrected chi connectivity index (χ0v) is 29.8. The van der Waals surface area contributed by atoms with Crippen molar-refractivity contribution in [2.24, 2.45) is 0 Å². The van der Waals surface area contributed by atoms with Crippen molar-refractivity contribution in [2.75, 3.05) is 4.90 Å². The molecule has 8 aromatic carbocycles. The highest BCUT2D eigenvalue weighted by Gasteiger charge is 2.37. The number of rotatable bonds is 6. The minimum absolute atomic E-state index is 0.100. The van der Waals surface area contributed by atoms with Crippen LogP contribution >= 0.6 is 0 Å². The summed E-state index contributed by atoms with van der Waals surface area (Å²) in [5, 5.41) is 2.25. The summed E-state index contributed by atoms with van der Waals surface area (Å²) in [6.45, 7) is 4.64. The van der Waals surface area contributed by atoms with Gasteiger partial charge in [0.25, 0.3) is 0 Å². The molecule has 2 nitrogen and oxygen atoms in total. The van der Waals surface area contributed by atoms with E-state index in [2.05, 4.69) is 207 Å². The monoisotopic (exact) mass is 679 g/mol. The third-order valence-corrected chi connectivity index (χ3v) is 11.1. The maximum Gasteiger partial charge on any atom is 0.159 e. The van der Waals surface area contributed by atoms with Crippen LogP contribution in [0.4, 0.5) is 17.1 Å². The fourth-order valence-corrected chi connectivity index (χ4v) is 8.38. The van der Waals surface area contributed by atoms with E-state index in [1.165, 1.54) is 55.6 Å². The third kappa shape index (κ3) is 5.10. The van der Waals surface area contributed by atoms with Crippen molar-refractivity contribution in [2.45, 2.75) is 19.3 Å². The van der Waals surface area contributed by atoms with Gasteiger partial charge in [0.15, 0.2) is 5.58 Å². The molecule has 1 aliphatic carbocycles. The molecule has 10 rings (SSSR count). The Balaban J connectivity index is 1.13. The second-order valence-corrected chi connectivity index (χ2v) is 14.5. The molecule has 9 aromatic rings. The van der Waals surface area contributed by atoms with E-state index in [4.69, 9.17) is 4.42 Å². The number of benzene rings is 8. The lowest BCUT2D eigenvalue weighted by Gasteiger charge is -2.26. The Kier molecular flexibility index (Phi) is 7.19. The number of hydrogen-bond acceptors (Lipinski definition) is 2. The smallest absolute Gasteiger partial charge is 0.159 e. The van der Waals surface area contributed by atoms with Crippen molar-refractivity contribution in [3.63, 3.8) is 0 Å². The molecule has 0 atom stereocenters. The Hall–Kier alpha value is -6.64. The average molecular weight is 680 g/mol. The number of anilines is 3. The van der Waals surface area contributed by atoms with Crippen LogP contribution in [0, 0.1) is 0 Å². The fourth-order valence-electron chi connectivity index (χ4n) is 8.38. The first-order valence-corrected chi connectivity index (χ1v) is 18.3. The molecule has 0 fully saturated rings. The summed E-state index contributed by atoms with van der Waals surface area (Å²) in [5.74, 6) is 0. The molecule has 1 aliphatic rings. The van der Waals surface area contributed by atoms with Gasteiger partial charge in [-0.15, -0.1) is 0 Å². The zero-order valence-electron chi connectivity index (χ0n) is 29.8. The predicted molar refractivity (Wildman–Crippen MR) is 222 cm³/mol. The van der Waals surface area contributed by atoms with Gasteiger partial charge in [-0.05, 0) is 86.5 Å². The Bertz CT molecular complexity index is 2780. The summed E-state index contributed by atoms with van der Waals surface area (Å²) in [4.78, 5) is 2.34. The van der Waals surface area contributed by atoms with Crippen molar-refractivity contribution in [1.82, 2.24) is 0 Å². The molecule has 53 heavy (non-hydrogen) atoms. The Morgan fingerprint density at radius 3 is 1.57 bits per heavy atom. The van der Waals surface area contributed by atoms with Crippen LogP contribution in [0.2, 0.25) is 0 Å². The molecule has 0 aliphatic heterocycles. The van der Waals surface area contributed by atoms with Gasteiger partial charge in [0.1, 0.15) is 5.58 Å². The topological polar surface area (TPSA) is 16.4 Å². The van der Waals surface area contributed by atoms with Crippen molar-refractivity contribution in [3.8, 4) is 44.5 Å². The van der Waals surface area contributed by atoms with E-state index in [1.54, 1.807) is 0 Å². The molecule has 0 spiro atoms. The highest BCUT2D eigenvalue weighted by atomic mass is 16.3. The largest absolute Gasteiger partial charge is 0.453 e. The number of para-hydroxylation sites is 1. The lowest BCUT2D eigenvalue weighted by molar-refractivity contribution is 0.653. The molecule has 0 saturated heterocycles. The molecular weight excluding hydrogens is 643 g/mol. The summed E-state index contributed by atoms with van der Waals surface area (Å²) in [5.41, 5.74) is 17.2. The van der Waals surface area contributed by atoms with Crippen molar-refractivity contribution < 1.29 is 4.42 Å². The van der Waals surface area contributed by atoms with Gasteiger partial charge in [-0.3, -0.25) is 0 Å². The number of furan rings is 1. The number of nitrogens with zero attached hydrogens (tertiary/aromatic N) is 1. The van der Waals surface area contributed by atoms with E-state index >= 15 is 0 Å². The molecule has 0 amide bonds. The normalized spacial score (nSPS) is 12.9. The molecule has 0 radical (unpaired) electrons. The Morgan fingerprint density at radius 1 is 0.396 bits per heavy atom. The summed E-state index contributed by atoms with van der Waals surface area (Å²) < 4.78 is 7.10. The highest BCUT2D eigenvalue weighted by molar-refractivity contribution is 6.15. The van der Waals surface area contributed by atoms with E-state index in [1.807, 2.05) is 0 Å². The van der Waals surface area contributed by atoms with Gasteiger partial charge in [0.2, 0.25) is 0 Å². The van der Waals surface area contributed by atoms with Gasteiger partial charge in [0, 0.05) is 33.1 Å². The van der Waals surface area contributed by atoms with Gasteiger partial charge in [0.05, 0.1) is 5.69 Å². The second-order valence-electron chi connectivity index (χ2n) is 14.5. The third-order valence-electron chi connectivity index (χ3n) is 11.1. The van der Waals surface area contributed by atoms with Crippen molar-refractivity contribution >= 4 is 39.0 Å². The van der Waals surface area contributed by atoms with Crippen molar-refractivity contribution in [1.29, 1.82) is 0 Å². The lowest BCUT2D eigenvalue weighted by atomic mass is 9.82. The Morgan fingerprint density at radius 2 is 0.906 bits per heavy atom. The van der Waals surface area contributed by atoms with E-state index in [9.17, 15) is 0 Å². The van der Waals surface area contributed by atoms with E-state index in [-0.39, 0.29) is 5.41 Å². The SMILES string of the molecule is CC1(C)c2ccccc2-c2c1ccc1c2oc2c(N(c3ccc(-c4ccccc4)cc3)c3ccc(-c4cccc(-c5ccccc5)c4)cc3)cccc21. The molecule has 0 saturated carbocycles. The van der Waals surface area contributed by atoms with Crippen LogP contribution in [0.15, 0.2) is 192 Å². The van der Waals surface area contributed by atoms with Crippen LogP contribution in [0.25, 0.3) is 66.4 Å². The fraction of sp³-hybridized carbons (Fsp3) is 0.0588. The van der Waals surface area contributed by atoms with Crippen LogP contribution < -0.4 is 4.90 Å². The molecule has 0 bridgehead atoms. The molecule has 0 unspecified atom stereocenters. The van der Waals surface area contributed by atoms with Crippen LogP contribution in [-0.2, 0) is 5.41 Å². The highest BCUT2D eigenvalue weighted by Crippen LogP contribution is 2.53. The summed E-state index contributed by atoms with van der Waals surface area (Å²) in [6.07, 6.45) is 0. The second kappa shape index (κ2) is 12.3. The average Bonchev–Trinajstić information content (AvgIpc) is 3.72. The molecule has 1 aromatic heterocycles. The predicted octanol–water partition coefficient (Wildman–Crippen LogP) is 14.4. The van der Waals surface area contributed by atoms with E-state index in [0.29, 0.717) is 0 Å². The van der Waals surface area contributed by atoms with Gasteiger partial charge < -0.3 is 9.32 Å². The number of fused-ring (bicyclic) bond motifs is 7. The van der Waals surface area contributed by atoms with Gasteiger partial charge in [-0.2, -0.15) is 0 Å². The summed E-state index contributed by atoms with van der Waals surface area (Å²) in [6, 6.07) is 67.6. The quantitative estimate of drug-likeness (QED) is 0.174. The first kappa shape index (κ1) is 31.1. The standard InChI is InChI=1S/C51H37NO/c1-51(2)45-21-10-9-19-44(45)48-46(51)32-31-43-42-20-12-22-47(49(42)53-50(43)48)52(40-27-23-36(24-28-40)34-13-5-3-6-14-34)41-29-25-37(26-30-41)39-18-11-17-38(33-39)35-15-7-4-8-16-35/h3-33H,1-2H3. The van der Waals surface area contributed by atoms with Crippen LogP contribution in [-0.4, -0.2) is 0 Å². The van der Waals surface area contributed by atoms with Gasteiger partial charge in [-0.1, -0.05) is 166 Å². The summed E-state index contributed by atoms with van der Waals surface area (Å²) >= 11 is 0. The number of hydrogen-bond donors (Lipinski definition) is 0. The maximum atomic E-state index is 7.10. The minimum Gasteiger partial charge on any atom is -0.453 e. The van der Waals surface area contributed by atoms with Crippen LogP contribution in [0.3, 0.4) is 0 Å². The van der Waals surface area contributed by atoms with Crippen LogP contribution in [0.1, 0.15) is 25.0 Å². The molecule has 252 valence electrons. The Labute approximate surface area is 310 Å². The van der Waals surface area contributed by atoms with Gasteiger partial charge in [-0.25, -0.2) is 0 Å². The first-order chi connectivity index (χ1) is 26.0. The maximum absolute atomic E-state index is 7.10. The lowest BCUT2D eigenvalue weighted by Crippen LogP contribution is -2.14. The van der Waals surface area contributed by atoms with E-state index < -0.39 is 0 Å². The molecule has 2 heteroatoms. The first-order valence-electron chi connectivity index (χ1n) is 18.3. The van der Waals surface area contributed by atoms with E-state index in [0.717, 1.165) is 39.0 Å². The summed E-state index contributed by atoms with van der Waals surface area (Å²) in [7, 11) is 0. The molecule has 0 N–H and O–H groups in total. The van der Waals surface area contributed by atoms with Crippen molar-refractivity contribution in [3.05, 3.63) is 199 Å². The minimum atomic E-state index is -0.100. The van der Waals surface area contributed by atoms with Crippen LogP contribution in [0.5, 0.6) is 0 Å². The molecule has 1 heterocycles. The van der Waals surface area contributed by atoms with Gasteiger partial charge >= 0.3 is 0 Å². The molecular formula is C51H37NO.